The first-order valence-corrected chi connectivity index (χ1v) is 11.4. The van der Waals surface area contributed by atoms with Crippen LogP contribution in [0.2, 0.25) is 0 Å². The van der Waals surface area contributed by atoms with Crippen molar-refractivity contribution in [2.45, 2.75) is 45.1 Å². The Balaban J connectivity index is 1.59. The molecule has 0 atom stereocenters. The van der Waals surface area contributed by atoms with E-state index in [4.69, 9.17) is 4.74 Å². The van der Waals surface area contributed by atoms with Gasteiger partial charge in [-0.3, -0.25) is 4.79 Å². The van der Waals surface area contributed by atoms with Crippen LogP contribution < -0.4 is 5.32 Å². The third kappa shape index (κ3) is 5.44. The molecule has 1 aromatic heterocycles. The molecule has 7 nitrogen and oxygen atoms in total. The van der Waals surface area contributed by atoms with Gasteiger partial charge in [-0.2, -0.15) is 5.10 Å². The minimum atomic E-state index is -0.554. The molecule has 34 heavy (non-hydrogen) atoms. The van der Waals surface area contributed by atoms with Gasteiger partial charge in [0.25, 0.3) is 5.91 Å². The highest BCUT2D eigenvalue weighted by Crippen LogP contribution is 2.33. The maximum atomic E-state index is 13.6. The fraction of sp³-hybridized carbons (Fsp3) is 0.346. The second-order valence-corrected chi connectivity index (χ2v) is 9.40. The quantitative estimate of drug-likeness (QED) is 0.563. The smallest absolute Gasteiger partial charge is 0.410 e. The summed E-state index contributed by atoms with van der Waals surface area (Å²) in [6.45, 7) is 6.58. The molecule has 1 aliphatic heterocycles. The molecule has 0 unspecified atom stereocenters. The molecule has 1 fully saturated rings. The van der Waals surface area contributed by atoms with E-state index in [0.29, 0.717) is 37.2 Å². The third-order valence-corrected chi connectivity index (χ3v) is 5.67. The van der Waals surface area contributed by atoms with E-state index in [1.807, 2.05) is 51.1 Å². The first kappa shape index (κ1) is 23.5. The summed E-state index contributed by atoms with van der Waals surface area (Å²) in [6, 6.07) is 15.4. The van der Waals surface area contributed by atoms with Crippen LogP contribution >= 0.6 is 0 Å². The third-order valence-electron chi connectivity index (χ3n) is 5.67. The van der Waals surface area contributed by atoms with E-state index in [1.165, 1.54) is 12.1 Å². The van der Waals surface area contributed by atoms with E-state index in [1.54, 1.807) is 27.9 Å². The van der Waals surface area contributed by atoms with E-state index in [-0.39, 0.29) is 17.9 Å². The van der Waals surface area contributed by atoms with E-state index >= 15 is 0 Å². The lowest BCUT2D eigenvalue weighted by atomic mass is 9.90. The number of benzene rings is 2. The minimum absolute atomic E-state index is 0.00894. The van der Waals surface area contributed by atoms with Gasteiger partial charge in [0.1, 0.15) is 11.4 Å². The molecule has 0 spiro atoms. The van der Waals surface area contributed by atoms with Gasteiger partial charge in [0.15, 0.2) is 0 Å². The van der Waals surface area contributed by atoms with Crippen LogP contribution in [0.3, 0.4) is 0 Å². The number of para-hydroxylation sites is 1. The predicted molar refractivity (Wildman–Crippen MR) is 128 cm³/mol. The van der Waals surface area contributed by atoms with Crippen LogP contribution in [-0.2, 0) is 4.74 Å². The van der Waals surface area contributed by atoms with Crippen molar-refractivity contribution >= 4 is 17.7 Å². The second-order valence-electron chi connectivity index (χ2n) is 9.40. The van der Waals surface area contributed by atoms with Crippen LogP contribution in [0.25, 0.3) is 5.69 Å². The Labute approximate surface area is 198 Å². The molecule has 2 aromatic carbocycles. The predicted octanol–water partition coefficient (Wildman–Crippen LogP) is 5.38. The highest BCUT2D eigenvalue weighted by molar-refractivity contribution is 6.05. The molecule has 2 heterocycles. The number of amides is 2. The van der Waals surface area contributed by atoms with Crippen LogP contribution in [0, 0.1) is 5.82 Å². The zero-order valence-corrected chi connectivity index (χ0v) is 19.6. The molecular weight excluding hydrogens is 435 g/mol. The fourth-order valence-corrected chi connectivity index (χ4v) is 4.13. The summed E-state index contributed by atoms with van der Waals surface area (Å²) in [4.78, 5) is 27.4. The maximum absolute atomic E-state index is 13.6. The molecule has 178 valence electrons. The van der Waals surface area contributed by atoms with Gasteiger partial charge in [-0.1, -0.05) is 24.3 Å². The Hall–Kier alpha value is -3.68. The van der Waals surface area contributed by atoms with Gasteiger partial charge >= 0.3 is 6.09 Å². The van der Waals surface area contributed by atoms with Crippen molar-refractivity contribution in [2.75, 3.05) is 18.4 Å². The number of rotatable bonds is 4. The number of halogens is 1. The lowest BCUT2D eigenvalue weighted by Crippen LogP contribution is -2.41. The number of carbonyl (C=O) groups is 2. The molecule has 2 amide bonds. The normalized spacial score (nSPS) is 14.6. The zero-order chi connectivity index (χ0) is 24.3. The highest BCUT2D eigenvalue weighted by Gasteiger charge is 2.32. The largest absolute Gasteiger partial charge is 0.444 e. The van der Waals surface area contributed by atoms with Gasteiger partial charge in [0.2, 0.25) is 0 Å². The number of hydrogen-bond acceptors (Lipinski definition) is 4. The van der Waals surface area contributed by atoms with Crippen LogP contribution in [0.15, 0.2) is 60.8 Å². The van der Waals surface area contributed by atoms with Gasteiger partial charge in [0, 0.05) is 24.7 Å². The molecule has 0 bridgehead atoms. The standard InChI is InChI=1S/C26H29FN4O3/c1-26(2,3)34-25(33)30-14-12-18(13-15-30)23-22(17-28-31(23)21-10-5-4-6-11-21)24(32)29-20-9-7-8-19(27)16-20/h4-11,16-18H,12-15H2,1-3H3,(H,29,32). The molecule has 1 saturated heterocycles. The first-order valence-electron chi connectivity index (χ1n) is 11.4. The number of carbonyl (C=O) groups excluding carboxylic acids is 2. The van der Waals surface area contributed by atoms with E-state index in [9.17, 15) is 14.0 Å². The Bertz CT molecular complexity index is 1160. The van der Waals surface area contributed by atoms with Gasteiger partial charge in [-0.05, 0) is 63.9 Å². The molecular formula is C26H29FN4O3. The Morgan fingerprint density at radius 1 is 1.06 bits per heavy atom. The van der Waals surface area contributed by atoms with Crippen molar-refractivity contribution < 1.29 is 18.7 Å². The Kier molecular flexibility index (Phi) is 6.68. The molecule has 0 radical (unpaired) electrons. The molecule has 1 N–H and O–H groups in total. The summed E-state index contributed by atoms with van der Waals surface area (Å²) in [5.74, 6) is -0.764. The molecule has 3 aromatic rings. The van der Waals surface area contributed by atoms with Crippen molar-refractivity contribution in [3.63, 3.8) is 0 Å². The Morgan fingerprint density at radius 3 is 2.41 bits per heavy atom. The number of nitrogens with one attached hydrogen (secondary N) is 1. The summed E-state index contributed by atoms with van der Waals surface area (Å²) >= 11 is 0. The first-order chi connectivity index (χ1) is 16.2. The van der Waals surface area contributed by atoms with Crippen molar-refractivity contribution in [3.8, 4) is 5.69 Å². The molecule has 0 aliphatic carbocycles. The van der Waals surface area contributed by atoms with Crippen molar-refractivity contribution in [2.24, 2.45) is 0 Å². The van der Waals surface area contributed by atoms with E-state index in [0.717, 1.165) is 11.4 Å². The monoisotopic (exact) mass is 464 g/mol. The maximum Gasteiger partial charge on any atom is 0.410 e. The average molecular weight is 465 g/mol. The summed E-state index contributed by atoms with van der Waals surface area (Å²) in [5, 5.41) is 7.30. The number of ether oxygens (including phenoxy) is 1. The summed E-state index contributed by atoms with van der Waals surface area (Å²) in [6.07, 6.45) is 2.55. The van der Waals surface area contributed by atoms with Gasteiger partial charge in [-0.15, -0.1) is 0 Å². The average Bonchev–Trinajstić information content (AvgIpc) is 3.24. The highest BCUT2D eigenvalue weighted by atomic mass is 19.1. The number of aromatic nitrogens is 2. The number of hydrogen-bond donors (Lipinski definition) is 1. The summed E-state index contributed by atoms with van der Waals surface area (Å²) < 4.78 is 20.9. The van der Waals surface area contributed by atoms with Crippen molar-refractivity contribution in [3.05, 3.63) is 77.9 Å². The topological polar surface area (TPSA) is 76.5 Å². The molecule has 4 rings (SSSR count). The van der Waals surface area contributed by atoms with Gasteiger partial charge < -0.3 is 15.0 Å². The number of nitrogens with zero attached hydrogens (tertiary/aromatic N) is 3. The molecule has 8 heteroatoms. The number of likely N-dealkylation sites (tertiary alicyclic amines) is 1. The lowest BCUT2D eigenvalue weighted by molar-refractivity contribution is 0.0203. The molecule has 1 aliphatic rings. The summed E-state index contributed by atoms with van der Waals surface area (Å²) in [5.41, 5.74) is 1.88. The van der Waals surface area contributed by atoms with Gasteiger partial charge in [-0.25, -0.2) is 13.9 Å². The Morgan fingerprint density at radius 2 is 1.76 bits per heavy atom. The van der Waals surface area contributed by atoms with Crippen LogP contribution in [0.1, 0.15) is 55.6 Å². The van der Waals surface area contributed by atoms with Crippen molar-refractivity contribution in [1.82, 2.24) is 14.7 Å². The lowest BCUT2D eigenvalue weighted by Gasteiger charge is -2.34. The van der Waals surface area contributed by atoms with Crippen LogP contribution in [0.5, 0.6) is 0 Å². The van der Waals surface area contributed by atoms with Crippen molar-refractivity contribution in [1.29, 1.82) is 0 Å². The second kappa shape index (κ2) is 9.67. The number of piperidine rings is 1. The van der Waals surface area contributed by atoms with Gasteiger partial charge in [0.05, 0.1) is 23.1 Å². The van der Waals surface area contributed by atoms with E-state index in [2.05, 4.69) is 10.4 Å². The van der Waals surface area contributed by atoms with E-state index < -0.39 is 11.4 Å². The fourth-order valence-electron chi connectivity index (χ4n) is 4.13. The van der Waals surface area contributed by atoms with Crippen LogP contribution in [0.4, 0.5) is 14.9 Å². The minimum Gasteiger partial charge on any atom is -0.444 e. The molecule has 0 saturated carbocycles. The number of anilines is 1. The summed E-state index contributed by atoms with van der Waals surface area (Å²) in [7, 11) is 0. The zero-order valence-electron chi connectivity index (χ0n) is 19.6. The van der Waals surface area contributed by atoms with Crippen LogP contribution in [-0.4, -0.2) is 45.4 Å². The SMILES string of the molecule is CC(C)(C)OC(=O)N1CCC(c2c(C(=O)Nc3cccc(F)c3)cnn2-c2ccccc2)CC1.